The molecule has 2 aromatic heterocycles. The smallest absolute Gasteiger partial charge is 0.182 e. The van der Waals surface area contributed by atoms with E-state index in [0.717, 1.165) is 36.1 Å². The number of aryl methyl sites for hydroxylation is 2. The number of anilines is 1. The highest BCUT2D eigenvalue weighted by Crippen LogP contribution is 2.43. The highest BCUT2D eigenvalue weighted by Gasteiger charge is 2.31. The van der Waals surface area contributed by atoms with E-state index in [1.54, 1.807) is 0 Å². The van der Waals surface area contributed by atoms with Crippen LogP contribution >= 0.6 is 0 Å². The summed E-state index contributed by atoms with van der Waals surface area (Å²) in [5.74, 6) is 1.24. The molecule has 2 heterocycles. The molecule has 3 aromatic rings. The van der Waals surface area contributed by atoms with Crippen LogP contribution in [0.5, 0.6) is 0 Å². The molecule has 1 aliphatic rings. The summed E-state index contributed by atoms with van der Waals surface area (Å²) >= 11 is 0. The second-order valence-corrected chi connectivity index (χ2v) is 5.81. The van der Waals surface area contributed by atoms with Gasteiger partial charge in [-0.15, -0.1) is 0 Å². The Kier molecular flexibility index (Phi) is 2.91. The van der Waals surface area contributed by atoms with E-state index in [1.807, 2.05) is 4.68 Å². The molecule has 5 nitrogen and oxygen atoms in total. The lowest BCUT2D eigenvalue weighted by Gasteiger charge is -2.02. The molecule has 5 heteroatoms. The Labute approximate surface area is 123 Å². The number of hydrogen-bond donors (Lipinski definition) is 2. The van der Waals surface area contributed by atoms with E-state index in [4.69, 9.17) is 10.8 Å². The largest absolute Gasteiger partial charge is 0.383 e. The van der Waals surface area contributed by atoms with E-state index < -0.39 is 0 Å². The average Bonchev–Trinajstić information content (AvgIpc) is 3.19. The summed E-state index contributed by atoms with van der Waals surface area (Å²) in [7, 11) is 0. The highest BCUT2D eigenvalue weighted by atomic mass is 15.3. The van der Waals surface area contributed by atoms with Crippen molar-refractivity contribution in [2.45, 2.75) is 38.1 Å². The predicted octanol–water partition coefficient (Wildman–Crippen LogP) is 2.85. The van der Waals surface area contributed by atoms with Gasteiger partial charge in [-0.3, -0.25) is 5.10 Å². The van der Waals surface area contributed by atoms with E-state index in [2.05, 4.69) is 40.5 Å². The number of nitrogens with two attached hydrogens (primary N) is 1. The minimum Gasteiger partial charge on any atom is -0.383 e. The van der Waals surface area contributed by atoms with Crippen molar-refractivity contribution < 1.29 is 0 Å². The van der Waals surface area contributed by atoms with Gasteiger partial charge in [0.15, 0.2) is 5.65 Å². The first-order chi connectivity index (χ1) is 10.3. The molecule has 0 aliphatic heterocycles. The van der Waals surface area contributed by atoms with Crippen LogP contribution in [0.1, 0.15) is 36.4 Å². The Bertz CT molecular complexity index is 752. The Hall–Kier alpha value is -2.30. The first-order valence-corrected chi connectivity index (χ1v) is 7.57. The number of aromatic nitrogens is 4. The van der Waals surface area contributed by atoms with Crippen LogP contribution < -0.4 is 5.73 Å². The number of aromatic amines is 1. The van der Waals surface area contributed by atoms with E-state index in [0.29, 0.717) is 11.7 Å². The fourth-order valence-electron chi connectivity index (χ4n) is 2.89. The third-order valence-corrected chi connectivity index (χ3v) is 4.15. The van der Waals surface area contributed by atoms with Crippen LogP contribution in [0.15, 0.2) is 30.3 Å². The van der Waals surface area contributed by atoms with Crippen molar-refractivity contribution in [2.75, 3.05) is 5.73 Å². The first kappa shape index (κ1) is 12.4. The molecule has 0 amide bonds. The van der Waals surface area contributed by atoms with Gasteiger partial charge in [0.05, 0.1) is 11.1 Å². The topological polar surface area (TPSA) is 72.5 Å². The van der Waals surface area contributed by atoms with Crippen molar-refractivity contribution in [1.29, 1.82) is 0 Å². The number of benzene rings is 1. The quantitative estimate of drug-likeness (QED) is 0.755. The van der Waals surface area contributed by atoms with E-state index in [1.165, 1.54) is 18.4 Å². The number of hydrogen-bond acceptors (Lipinski definition) is 3. The van der Waals surface area contributed by atoms with Crippen LogP contribution in [-0.2, 0) is 13.0 Å². The van der Waals surface area contributed by atoms with Crippen molar-refractivity contribution in [1.82, 2.24) is 20.0 Å². The molecule has 0 bridgehead atoms. The maximum Gasteiger partial charge on any atom is 0.182 e. The molecule has 0 unspecified atom stereocenters. The van der Waals surface area contributed by atoms with Crippen molar-refractivity contribution in [3.63, 3.8) is 0 Å². The third kappa shape index (κ3) is 2.28. The Morgan fingerprint density at radius 2 is 2.05 bits per heavy atom. The van der Waals surface area contributed by atoms with Crippen LogP contribution in [0.3, 0.4) is 0 Å². The van der Waals surface area contributed by atoms with E-state index >= 15 is 0 Å². The summed E-state index contributed by atoms with van der Waals surface area (Å²) in [4.78, 5) is 0. The number of fused-ring (bicyclic) bond motifs is 1. The van der Waals surface area contributed by atoms with Gasteiger partial charge in [0.25, 0.3) is 0 Å². The fraction of sp³-hybridized carbons (Fsp3) is 0.375. The highest BCUT2D eigenvalue weighted by molar-refractivity contribution is 5.89. The van der Waals surface area contributed by atoms with Crippen LogP contribution in [0.4, 0.5) is 5.82 Å². The molecule has 4 rings (SSSR count). The summed E-state index contributed by atoms with van der Waals surface area (Å²) < 4.78 is 2.01. The van der Waals surface area contributed by atoms with Gasteiger partial charge in [0.2, 0.25) is 0 Å². The molecule has 1 saturated carbocycles. The van der Waals surface area contributed by atoms with E-state index in [-0.39, 0.29) is 0 Å². The van der Waals surface area contributed by atoms with Crippen LogP contribution in [-0.4, -0.2) is 20.0 Å². The standard InChI is InChI=1S/C16H19N5/c17-15-13-14(12-8-9-12)20-21(16(13)19-18-15)10-4-7-11-5-2-1-3-6-11/h1-3,5-6,12H,4,7-10H2,(H3,17,18,19). The van der Waals surface area contributed by atoms with Gasteiger partial charge >= 0.3 is 0 Å². The lowest BCUT2D eigenvalue weighted by molar-refractivity contribution is 0.582. The summed E-state index contributed by atoms with van der Waals surface area (Å²) in [5, 5.41) is 13.0. The van der Waals surface area contributed by atoms with Gasteiger partial charge in [0, 0.05) is 12.5 Å². The van der Waals surface area contributed by atoms with Gasteiger partial charge in [-0.1, -0.05) is 30.3 Å². The molecule has 1 aromatic carbocycles. The number of nitrogens with zero attached hydrogens (tertiary/aromatic N) is 3. The molecule has 0 spiro atoms. The SMILES string of the molecule is Nc1[nH]nc2c1c(C1CC1)nn2CCCc1ccccc1. The monoisotopic (exact) mass is 281 g/mol. The number of nitrogen functional groups attached to an aromatic ring is 1. The van der Waals surface area contributed by atoms with Crippen molar-refractivity contribution in [3.05, 3.63) is 41.6 Å². The van der Waals surface area contributed by atoms with Crippen LogP contribution in [0.25, 0.3) is 11.0 Å². The van der Waals surface area contributed by atoms with Crippen molar-refractivity contribution in [2.24, 2.45) is 0 Å². The summed E-state index contributed by atoms with van der Waals surface area (Å²) in [6, 6.07) is 10.6. The molecule has 1 aliphatic carbocycles. The number of rotatable bonds is 5. The second kappa shape index (κ2) is 4.91. The van der Waals surface area contributed by atoms with Crippen LogP contribution in [0.2, 0.25) is 0 Å². The molecule has 21 heavy (non-hydrogen) atoms. The van der Waals surface area contributed by atoms with Gasteiger partial charge in [-0.2, -0.15) is 10.2 Å². The zero-order valence-electron chi connectivity index (χ0n) is 11.9. The molecular weight excluding hydrogens is 262 g/mol. The zero-order valence-corrected chi connectivity index (χ0v) is 11.9. The Morgan fingerprint density at radius 1 is 1.24 bits per heavy atom. The molecule has 108 valence electrons. The second-order valence-electron chi connectivity index (χ2n) is 5.81. The first-order valence-electron chi connectivity index (χ1n) is 7.57. The van der Waals surface area contributed by atoms with Gasteiger partial charge in [-0.05, 0) is 31.2 Å². The summed E-state index contributed by atoms with van der Waals surface area (Å²) in [6.45, 7) is 0.877. The lowest BCUT2D eigenvalue weighted by atomic mass is 10.1. The molecule has 0 saturated heterocycles. The third-order valence-electron chi connectivity index (χ3n) is 4.15. The Morgan fingerprint density at radius 3 is 2.81 bits per heavy atom. The fourth-order valence-corrected chi connectivity index (χ4v) is 2.89. The number of nitrogens with one attached hydrogen (secondary N) is 1. The van der Waals surface area contributed by atoms with Crippen molar-refractivity contribution >= 4 is 16.9 Å². The maximum atomic E-state index is 6.00. The summed E-state index contributed by atoms with van der Waals surface area (Å²) in [6.07, 6.45) is 4.56. The van der Waals surface area contributed by atoms with Gasteiger partial charge < -0.3 is 5.73 Å². The van der Waals surface area contributed by atoms with Gasteiger partial charge in [-0.25, -0.2) is 4.68 Å². The van der Waals surface area contributed by atoms with Crippen molar-refractivity contribution in [3.8, 4) is 0 Å². The Balaban J connectivity index is 1.54. The molecule has 0 radical (unpaired) electrons. The van der Waals surface area contributed by atoms with Crippen LogP contribution in [0, 0.1) is 0 Å². The lowest BCUT2D eigenvalue weighted by Crippen LogP contribution is -2.03. The molecule has 3 N–H and O–H groups in total. The predicted molar refractivity (Wildman–Crippen MR) is 83.0 cm³/mol. The number of H-pyrrole nitrogens is 1. The minimum atomic E-state index is 0.586. The average molecular weight is 281 g/mol. The molecule has 1 fully saturated rings. The molecular formula is C16H19N5. The normalized spacial score (nSPS) is 14.9. The minimum absolute atomic E-state index is 0.586. The maximum absolute atomic E-state index is 6.00. The zero-order chi connectivity index (χ0) is 14.2. The molecule has 0 atom stereocenters. The van der Waals surface area contributed by atoms with Gasteiger partial charge in [0.1, 0.15) is 5.82 Å². The van der Waals surface area contributed by atoms with E-state index in [9.17, 15) is 0 Å². The summed E-state index contributed by atoms with van der Waals surface area (Å²) in [5.41, 5.74) is 9.41.